The van der Waals surface area contributed by atoms with Gasteiger partial charge in [-0.3, -0.25) is 0 Å². The average molecular weight is 243 g/mol. The molecule has 0 unspecified atom stereocenters. The molecule has 0 bridgehead atoms. The van der Waals surface area contributed by atoms with E-state index in [1.54, 1.807) is 0 Å². The maximum atomic E-state index is 3.33. The van der Waals surface area contributed by atoms with Crippen molar-refractivity contribution in [2.45, 2.75) is 27.3 Å². The molecule has 0 aliphatic heterocycles. The van der Waals surface area contributed by atoms with E-state index in [4.69, 9.17) is 0 Å². The Kier molecular flexibility index (Phi) is 8.04. The molecule has 3 heteroatoms. The predicted molar refractivity (Wildman–Crippen MR) is 74.6 cm³/mol. The van der Waals surface area contributed by atoms with Gasteiger partial charge in [0, 0.05) is 25.3 Å². The summed E-state index contributed by atoms with van der Waals surface area (Å²) in [6, 6.07) is 8.83. The van der Waals surface area contributed by atoms with E-state index in [9.17, 15) is 0 Å². The lowest BCUT2D eigenvalue weighted by atomic mass is 10.2. The highest BCUT2D eigenvalue weighted by Crippen LogP contribution is 2.14. The second kappa shape index (κ2) is 8.43. The molecule has 1 aromatic carbocycles. The van der Waals surface area contributed by atoms with Gasteiger partial charge in [0.1, 0.15) is 0 Å². The molecule has 0 radical (unpaired) electrons. The minimum Gasteiger partial charge on any atom is -0.372 e. The molecule has 1 aromatic rings. The third-order valence-electron chi connectivity index (χ3n) is 2.64. The van der Waals surface area contributed by atoms with Crippen molar-refractivity contribution in [3.8, 4) is 0 Å². The molecule has 0 saturated heterocycles. The summed E-state index contributed by atoms with van der Waals surface area (Å²) in [7, 11) is 0. The predicted octanol–water partition coefficient (Wildman–Crippen LogP) is 3.06. The smallest absolute Gasteiger partial charge is 0.0366 e. The zero-order valence-corrected chi connectivity index (χ0v) is 11.3. The van der Waals surface area contributed by atoms with Gasteiger partial charge in [0.15, 0.2) is 0 Å². The number of halogens is 1. The summed E-state index contributed by atoms with van der Waals surface area (Å²) in [6.07, 6.45) is 0. The first-order valence-corrected chi connectivity index (χ1v) is 5.86. The van der Waals surface area contributed by atoms with E-state index in [-0.39, 0.29) is 12.4 Å². The number of benzene rings is 1. The van der Waals surface area contributed by atoms with Gasteiger partial charge in [0.25, 0.3) is 0 Å². The summed E-state index contributed by atoms with van der Waals surface area (Å²) in [6.45, 7) is 10.6. The van der Waals surface area contributed by atoms with E-state index in [2.05, 4.69) is 55.3 Å². The van der Waals surface area contributed by atoms with Crippen LogP contribution in [0, 0.1) is 0 Å². The number of hydrogen-bond acceptors (Lipinski definition) is 2. The first-order chi connectivity index (χ1) is 7.31. The number of nitrogens with one attached hydrogen (secondary N) is 1. The third kappa shape index (κ3) is 4.42. The highest BCUT2D eigenvalue weighted by molar-refractivity contribution is 5.85. The lowest BCUT2D eigenvalue weighted by Crippen LogP contribution is -2.21. The molecule has 1 N–H and O–H groups in total. The molecule has 0 saturated carbocycles. The van der Waals surface area contributed by atoms with E-state index >= 15 is 0 Å². The van der Waals surface area contributed by atoms with Crippen molar-refractivity contribution < 1.29 is 0 Å². The maximum absolute atomic E-state index is 3.33. The molecule has 0 aliphatic carbocycles. The Bertz CT molecular complexity index is 268. The van der Waals surface area contributed by atoms with Gasteiger partial charge in [0.2, 0.25) is 0 Å². The maximum Gasteiger partial charge on any atom is 0.0366 e. The topological polar surface area (TPSA) is 15.3 Å². The summed E-state index contributed by atoms with van der Waals surface area (Å²) in [5.41, 5.74) is 2.67. The van der Waals surface area contributed by atoms with Gasteiger partial charge < -0.3 is 10.2 Å². The van der Waals surface area contributed by atoms with E-state index in [0.717, 1.165) is 26.2 Å². The van der Waals surface area contributed by atoms with Crippen LogP contribution in [0.3, 0.4) is 0 Å². The molecule has 1 rings (SSSR count). The van der Waals surface area contributed by atoms with E-state index in [1.165, 1.54) is 11.3 Å². The normalized spacial score (nSPS) is 9.69. The lowest BCUT2D eigenvalue weighted by molar-refractivity contribution is 0.726. The minimum atomic E-state index is 0. The Morgan fingerprint density at radius 2 is 1.56 bits per heavy atom. The van der Waals surface area contributed by atoms with Crippen LogP contribution in [-0.4, -0.2) is 19.6 Å². The van der Waals surface area contributed by atoms with Gasteiger partial charge in [-0.15, -0.1) is 12.4 Å². The quantitative estimate of drug-likeness (QED) is 0.825. The Hall–Kier alpha value is -0.730. The Balaban J connectivity index is 0.00000225. The molecule has 0 fully saturated rings. The highest BCUT2D eigenvalue weighted by Gasteiger charge is 2.00. The fourth-order valence-electron chi connectivity index (χ4n) is 1.68. The molecular weight excluding hydrogens is 220 g/mol. The van der Waals surface area contributed by atoms with Crippen molar-refractivity contribution in [3.05, 3.63) is 29.8 Å². The third-order valence-corrected chi connectivity index (χ3v) is 2.64. The van der Waals surface area contributed by atoms with E-state index in [1.807, 2.05) is 0 Å². The van der Waals surface area contributed by atoms with Gasteiger partial charge in [0.05, 0.1) is 0 Å². The summed E-state index contributed by atoms with van der Waals surface area (Å²) in [4.78, 5) is 2.36. The summed E-state index contributed by atoms with van der Waals surface area (Å²) >= 11 is 0. The van der Waals surface area contributed by atoms with Crippen LogP contribution in [0.15, 0.2) is 24.3 Å². The lowest BCUT2D eigenvalue weighted by Gasteiger charge is -2.21. The first-order valence-electron chi connectivity index (χ1n) is 5.86. The number of rotatable bonds is 6. The van der Waals surface area contributed by atoms with Crippen molar-refractivity contribution in [2.24, 2.45) is 0 Å². The molecule has 92 valence electrons. The first kappa shape index (κ1) is 15.3. The van der Waals surface area contributed by atoms with Crippen LogP contribution in [0.4, 0.5) is 5.69 Å². The zero-order chi connectivity index (χ0) is 11.1. The van der Waals surface area contributed by atoms with Crippen molar-refractivity contribution in [2.75, 3.05) is 24.5 Å². The monoisotopic (exact) mass is 242 g/mol. The second-order valence-corrected chi connectivity index (χ2v) is 3.62. The van der Waals surface area contributed by atoms with Crippen LogP contribution in [0.5, 0.6) is 0 Å². The molecule has 0 heterocycles. The average Bonchev–Trinajstić information content (AvgIpc) is 2.29. The van der Waals surface area contributed by atoms with Crippen LogP contribution in [0.1, 0.15) is 26.3 Å². The highest BCUT2D eigenvalue weighted by atomic mass is 35.5. The van der Waals surface area contributed by atoms with E-state index in [0.29, 0.717) is 0 Å². The number of hydrogen-bond donors (Lipinski definition) is 1. The summed E-state index contributed by atoms with van der Waals surface area (Å²) < 4.78 is 0. The van der Waals surface area contributed by atoms with Gasteiger partial charge in [-0.25, -0.2) is 0 Å². The second-order valence-electron chi connectivity index (χ2n) is 3.62. The van der Waals surface area contributed by atoms with Crippen LogP contribution >= 0.6 is 12.4 Å². The Morgan fingerprint density at radius 1 is 1.00 bits per heavy atom. The zero-order valence-electron chi connectivity index (χ0n) is 10.5. The van der Waals surface area contributed by atoms with Gasteiger partial charge in [-0.05, 0) is 38.1 Å². The fourth-order valence-corrected chi connectivity index (χ4v) is 1.68. The molecule has 16 heavy (non-hydrogen) atoms. The van der Waals surface area contributed by atoms with Crippen LogP contribution < -0.4 is 10.2 Å². The molecule has 0 spiro atoms. The molecule has 0 amide bonds. The Labute approximate surface area is 105 Å². The number of nitrogens with zero attached hydrogens (tertiary/aromatic N) is 1. The SMILES string of the molecule is CCNCc1ccc(N(CC)CC)cc1.Cl. The van der Waals surface area contributed by atoms with Crippen molar-refractivity contribution in [3.63, 3.8) is 0 Å². The molecule has 0 aromatic heterocycles. The summed E-state index contributed by atoms with van der Waals surface area (Å²) in [5.74, 6) is 0. The van der Waals surface area contributed by atoms with Gasteiger partial charge in [-0.2, -0.15) is 0 Å². The van der Waals surface area contributed by atoms with Gasteiger partial charge >= 0.3 is 0 Å². The summed E-state index contributed by atoms with van der Waals surface area (Å²) in [5, 5.41) is 3.33. The molecule has 0 atom stereocenters. The van der Waals surface area contributed by atoms with Crippen LogP contribution in [-0.2, 0) is 6.54 Å². The van der Waals surface area contributed by atoms with Gasteiger partial charge in [-0.1, -0.05) is 19.1 Å². The largest absolute Gasteiger partial charge is 0.372 e. The fraction of sp³-hybridized carbons (Fsp3) is 0.538. The molecular formula is C13H23ClN2. The van der Waals surface area contributed by atoms with Crippen LogP contribution in [0.25, 0.3) is 0 Å². The standard InChI is InChI=1S/C13H22N2.ClH/c1-4-14-11-12-7-9-13(10-8-12)15(5-2)6-3;/h7-10,14H,4-6,11H2,1-3H3;1H. The number of anilines is 1. The van der Waals surface area contributed by atoms with Crippen molar-refractivity contribution >= 4 is 18.1 Å². The van der Waals surface area contributed by atoms with Crippen LogP contribution in [0.2, 0.25) is 0 Å². The van der Waals surface area contributed by atoms with Crippen molar-refractivity contribution in [1.29, 1.82) is 0 Å². The van der Waals surface area contributed by atoms with E-state index < -0.39 is 0 Å². The molecule has 0 aliphatic rings. The van der Waals surface area contributed by atoms with Crippen molar-refractivity contribution in [1.82, 2.24) is 5.32 Å². The Morgan fingerprint density at radius 3 is 2.00 bits per heavy atom. The molecule has 2 nitrogen and oxygen atoms in total. The minimum absolute atomic E-state index is 0.